The van der Waals surface area contributed by atoms with Gasteiger partial charge in [0.2, 0.25) is 0 Å². The largest absolute Gasteiger partial charge is 0.322 e. The van der Waals surface area contributed by atoms with E-state index in [0.717, 1.165) is 14.3 Å². The molecular weight excluding hydrogens is 292 g/mol. The van der Waals surface area contributed by atoms with Gasteiger partial charge in [-0.1, -0.05) is 0 Å². The van der Waals surface area contributed by atoms with Gasteiger partial charge >= 0.3 is 9.24 Å². The Hall–Kier alpha value is -0.330. The number of hydrogen-bond acceptors (Lipinski definition) is 3. The highest BCUT2D eigenvalue weighted by Gasteiger charge is 2.29. The van der Waals surface area contributed by atoms with Crippen molar-refractivity contribution in [2.45, 2.75) is 6.42 Å². The van der Waals surface area contributed by atoms with Crippen molar-refractivity contribution in [3.63, 3.8) is 0 Å². The predicted molar refractivity (Wildman–Crippen MR) is 57.8 cm³/mol. The second-order valence-corrected chi connectivity index (χ2v) is 6.25. The van der Waals surface area contributed by atoms with Gasteiger partial charge in [-0.15, -0.1) is 0 Å². The highest BCUT2D eigenvalue weighted by Crippen LogP contribution is 2.30. The maximum Gasteiger partial charge on any atom is 0.322 e. The van der Waals surface area contributed by atoms with Crippen molar-refractivity contribution in [1.82, 2.24) is 4.98 Å². The molecule has 0 unspecified atom stereocenters. The van der Waals surface area contributed by atoms with Gasteiger partial charge in [0.1, 0.15) is 5.82 Å². The van der Waals surface area contributed by atoms with Crippen LogP contribution in [0.2, 0.25) is 0 Å². The summed E-state index contributed by atoms with van der Waals surface area (Å²) in [5.74, 6) is 0.434. The van der Waals surface area contributed by atoms with Crippen LogP contribution in [0.3, 0.4) is 0 Å². The Morgan fingerprint density at radius 1 is 1.57 bits per heavy atom. The topological polar surface area (TPSA) is 50.3 Å². The minimum atomic E-state index is -3.70. The second-order valence-electron chi connectivity index (χ2n) is 2.90. The summed E-state index contributed by atoms with van der Waals surface area (Å²) in [4.78, 5) is 4.02. The number of pyridine rings is 1. The summed E-state index contributed by atoms with van der Waals surface area (Å²) in [7, 11) is 1.55. The number of nitrogens with zero attached hydrogens (tertiary/aromatic N) is 2. The van der Waals surface area contributed by atoms with Gasteiger partial charge in [-0.3, -0.25) is 0 Å². The molecule has 1 aliphatic heterocycles. The average Bonchev–Trinajstić information content (AvgIpc) is 2.45. The van der Waals surface area contributed by atoms with Crippen molar-refractivity contribution in [3.05, 3.63) is 22.3 Å². The van der Waals surface area contributed by atoms with Crippen LogP contribution in [-0.4, -0.2) is 19.9 Å². The first kappa shape index (κ1) is 10.2. The van der Waals surface area contributed by atoms with E-state index in [0.29, 0.717) is 18.8 Å². The maximum atomic E-state index is 11.1. The van der Waals surface area contributed by atoms with Crippen molar-refractivity contribution in [1.29, 1.82) is 0 Å². The SMILES string of the molecule is O=S(=O)(Cl)N1CCc2cc(Br)cnc21. The molecule has 76 valence electrons. The van der Waals surface area contributed by atoms with E-state index in [1.54, 1.807) is 6.20 Å². The van der Waals surface area contributed by atoms with Crippen LogP contribution < -0.4 is 4.31 Å². The molecule has 0 fully saturated rings. The summed E-state index contributed by atoms with van der Waals surface area (Å²) in [6.45, 7) is 0.366. The number of halogens is 2. The van der Waals surface area contributed by atoms with Crippen LogP contribution in [0.5, 0.6) is 0 Å². The van der Waals surface area contributed by atoms with Crippen LogP contribution in [0.4, 0.5) is 5.82 Å². The smallest absolute Gasteiger partial charge is 0.240 e. The summed E-state index contributed by atoms with van der Waals surface area (Å²) in [6.07, 6.45) is 2.20. The van der Waals surface area contributed by atoms with Crippen molar-refractivity contribution < 1.29 is 8.42 Å². The van der Waals surface area contributed by atoms with E-state index in [2.05, 4.69) is 20.9 Å². The Kier molecular flexibility index (Phi) is 2.45. The molecule has 14 heavy (non-hydrogen) atoms. The molecule has 1 aromatic rings. The molecule has 2 rings (SSSR count). The molecule has 0 amide bonds. The molecule has 0 radical (unpaired) electrons. The molecule has 0 aliphatic carbocycles. The molecule has 0 saturated carbocycles. The summed E-state index contributed by atoms with van der Waals surface area (Å²) < 4.78 is 24.2. The molecule has 0 saturated heterocycles. The van der Waals surface area contributed by atoms with Gasteiger partial charge in [0, 0.05) is 27.9 Å². The van der Waals surface area contributed by atoms with Crippen LogP contribution in [0, 0.1) is 0 Å². The Labute approximate surface area is 94.6 Å². The van der Waals surface area contributed by atoms with Crippen molar-refractivity contribution in [2.75, 3.05) is 10.8 Å². The fourth-order valence-electron chi connectivity index (χ4n) is 1.42. The van der Waals surface area contributed by atoms with E-state index in [1.165, 1.54) is 0 Å². The Bertz CT molecular complexity index is 477. The highest BCUT2D eigenvalue weighted by atomic mass is 79.9. The van der Waals surface area contributed by atoms with Crippen LogP contribution in [0.15, 0.2) is 16.7 Å². The fourth-order valence-corrected chi connectivity index (χ4v) is 2.88. The van der Waals surface area contributed by atoms with Crippen LogP contribution in [0.1, 0.15) is 5.56 Å². The Morgan fingerprint density at radius 3 is 2.93 bits per heavy atom. The van der Waals surface area contributed by atoms with Crippen molar-refractivity contribution in [2.24, 2.45) is 0 Å². The van der Waals surface area contributed by atoms with Gasteiger partial charge in [-0.25, -0.2) is 9.29 Å². The molecule has 1 aromatic heterocycles. The highest BCUT2D eigenvalue weighted by molar-refractivity contribution is 9.10. The van der Waals surface area contributed by atoms with E-state index < -0.39 is 9.24 Å². The number of rotatable bonds is 1. The lowest BCUT2D eigenvalue weighted by atomic mass is 10.2. The molecule has 0 aromatic carbocycles. The minimum absolute atomic E-state index is 0.366. The summed E-state index contributed by atoms with van der Waals surface area (Å²) >= 11 is 3.27. The first-order valence-corrected chi connectivity index (χ1v) is 6.91. The van der Waals surface area contributed by atoms with Crippen LogP contribution in [-0.2, 0) is 15.7 Å². The molecule has 0 spiro atoms. The van der Waals surface area contributed by atoms with Gasteiger partial charge in [-0.05, 0) is 34.0 Å². The second kappa shape index (κ2) is 3.36. The number of anilines is 1. The first-order valence-electron chi connectivity index (χ1n) is 3.85. The third kappa shape index (κ3) is 1.74. The average molecular weight is 298 g/mol. The van der Waals surface area contributed by atoms with Gasteiger partial charge in [-0.2, -0.15) is 8.42 Å². The minimum Gasteiger partial charge on any atom is -0.240 e. The molecule has 0 atom stereocenters. The maximum absolute atomic E-state index is 11.1. The van der Waals surface area contributed by atoms with Crippen LogP contribution >= 0.6 is 26.6 Å². The third-order valence-electron chi connectivity index (χ3n) is 1.99. The zero-order chi connectivity index (χ0) is 10.3. The van der Waals surface area contributed by atoms with Crippen LogP contribution in [0.25, 0.3) is 0 Å². The van der Waals surface area contributed by atoms with E-state index in [4.69, 9.17) is 10.7 Å². The van der Waals surface area contributed by atoms with E-state index in [-0.39, 0.29) is 0 Å². The fraction of sp³-hybridized carbons (Fsp3) is 0.286. The first-order chi connectivity index (χ1) is 6.48. The molecule has 0 N–H and O–H groups in total. The lowest BCUT2D eigenvalue weighted by Crippen LogP contribution is -2.24. The quantitative estimate of drug-likeness (QED) is 0.741. The summed E-state index contributed by atoms with van der Waals surface area (Å²) in [5, 5.41) is 0. The molecular formula is C7H6BrClN2O2S. The van der Waals surface area contributed by atoms with Gasteiger partial charge < -0.3 is 0 Å². The number of fused-ring (bicyclic) bond motifs is 1. The lowest BCUT2D eigenvalue weighted by molar-refractivity contribution is 0.606. The van der Waals surface area contributed by atoms with Gasteiger partial charge in [0.25, 0.3) is 0 Å². The predicted octanol–water partition coefficient (Wildman–Crippen LogP) is 1.69. The normalized spacial score (nSPS) is 15.7. The lowest BCUT2D eigenvalue weighted by Gasteiger charge is -2.12. The van der Waals surface area contributed by atoms with Gasteiger partial charge in [0.15, 0.2) is 0 Å². The zero-order valence-corrected chi connectivity index (χ0v) is 10.1. The summed E-state index contributed by atoms with van der Waals surface area (Å²) in [6, 6.07) is 1.85. The van der Waals surface area contributed by atoms with E-state index in [9.17, 15) is 8.42 Å². The summed E-state index contributed by atoms with van der Waals surface area (Å²) in [5.41, 5.74) is 0.892. The third-order valence-corrected chi connectivity index (χ3v) is 3.81. The number of hydrogen-bond donors (Lipinski definition) is 0. The number of aromatic nitrogens is 1. The van der Waals surface area contributed by atoms with Crippen molar-refractivity contribution in [3.8, 4) is 0 Å². The van der Waals surface area contributed by atoms with Crippen molar-refractivity contribution >= 4 is 41.7 Å². The zero-order valence-electron chi connectivity index (χ0n) is 6.94. The van der Waals surface area contributed by atoms with E-state index >= 15 is 0 Å². The Morgan fingerprint density at radius 2 is 2.29 bits per heavy atom. The standard InChI is InChI=1S/C7H6BrClN2O2S/c8-6-3-5-1-2-11(14(9,12)13)7(5)10-4-6/h3-4H,1-2H2. The molecule has 0 bridgehead atoms. The van der Waals surface area contributed by atoms with E-state index in [1.807, 2.05) is 6.07 Å². The molecule has 2 heterocycles. The monoisotopic (exact) mass is 296 g/mol. The van der Waals surface area contributed by atoms with Gasteiger partial charge in [0.05, 0.1) is 0 Å². The molecule has 4 nitrogen and oxygen atoms in total. The molecule has 1 aliphatic rings. The Balaban J connectivity index is 2.51. The molecule has 7 heteroatoms.